The monoisotopic (exact) mass is 517 g/mol. The minimum absolute atomic E-state index is 0.0414. The van der Waals surface area contributed by atoms with Crippen LogP contribution in [0.4, 0.5) is 20.2 Å². The first kappa shape index (κ1) is 26.9. The Morgan fingerprint density at radius 2 is 1.89 bits per heavy atom. The Bertz CT molecular complexity index is 1020. The SMILES string of the molecule is CCOCC12CC[C@H](C)CC1CCC1C3CCC(C(=O)CN(N)c4ccc(F)c(F)c4N)C3(C)CCC12. The number of benzene rings is 1. The van der Waals surface area contributed by atoms with Crippen molar-refractivity contribution in [3.8, 4) is 0 Å². The average Bonchev–Trinajstić information content (AvgIpc) is 3.23. The van der Waals surface area contributed by atoms with Crippen molar-refractivity contribution in [1.82, 2.24) is 0 Å². The number of nitrogens with two attached hydrogens (primary N) is 2. The van der Waals surface area contributed by atoms with E-state index in [9.17, 15) is 13.6 Å². The Morgan fingerprint density at radius 3 is 2.65 bits per heavy atom. The van der Waals surface area contributed by atoms with Gasteiger partial charge in [-0.1, -0.05) is 20.3 Å². The summed E-state index contributed by atoms with van der Waals surface area (Å²) in [5.41, 5.74) is 5.82. The van der Waals surface area contributed by atoms with Gasteiger partial charge in [-0.3, -0.25) is 4.79 Å². The van der Waals surface area contributed by atoms with Crippen molar-refractivity contribution in [3.63, 3.8) is 0 Å². The normalized spacial score (nSPS) is 39.0. The van der Waals surface area contributed by atoms with Crippen LogP contribution in [-0.4, -0.2) is 25.5 Å². The third kappa shape index (κ3) is 4.38. The standard InChI is InChI=1S/C30H45F2N3O2/c1-4-37-17-30-14-11-18(2)15-19(30)5-6-20-21-7-8-23(29(21,3)13-12-22(20)30)26(36)16-35(34)25-10-9-24(31)27(32)28(25)33/h9-10,18-23H,4-8,11-17,33-34H2,1-3H3/t18-,19?,20?,21?,22?,23?,29?,30?/m0/s1. The van der Waals surface area contributed by atoms with Crippen LogP contribution in [0.5, 0.6) is 0 Å². The third-order valence-electron chi connectivity index (χ3n) is 11.3. The van der Waals surface area contributed by atoms with Crippen molar-refractivity contribution in [1.29, 1.82) is 0 Å². The van der Waals surface area contributed by atoms with Gasteiger partial charge in [0.25, 0.3) is 0 Å². The molecule has 0 aromatic heterocycles. The lowest BCUT2D eigenvalue weighted by Gasteiger charge is -2.62. The molecule has 4 aliphatic rings. The fourth-order valence-electron chi connectivity index (χ4n) is 9.54. The molecule has 8 atom stereocenters. The number of anilines is 2. The second kappa shape index (κ2) is 10.1. The average molecular weight is 518 g/mol. The number of ether oxygens (including phenoxy) is 1. The Kier molecular flexibility index (Phi) is 7.34. The molecule has 7 unspecified atom stereocenters. The number of nitrogens with zero attached hydrogens (tertiary/aromatic N) is 1. The second-order valence-corrected chi connectivity index (χ2v) is 13.0. The molecule has 4 aliphatic carbocycles. The molecule has 5 nitrogen and oxygen atoms in total. The molecule has 4 fully saturated rings. The van der Waals surface area contributed by atoms with E-state index in [1.165, 1.54) is 49.6 Å². The van der Waals surface area contributed by atoms with Gasteiger partial charge < -0.3 is 15.5 Å². The largest absolute Gasteiger partial charge is 0.395 e. The van der Waals surface area contributed by atoms with Gasteiger partial charge >= 0.3 is 0 Å². The van der Waals surface area contributed by atoms with Crippen LogP contribution in [0.2, 0.25) is 0 Å². The lowest BCUT2D eigenvalue weighted by atomic mass is 9.44. The third-order valence-corrected chi connectivity index (χ3v) is 11.3. The van der Waals surface area contributed by atoms with Crippen molar-refractivity contribution >= 4 is 17.2 Å². The Labute approximate surface area is 220 Å². The lowest BCUT2D eigenvalue weighted by molar-refractivity contribution is -0.157. The fourth-order valence-corrected chi connectivity index (χ4v) is 9.54. The maximum Gasteiger partial charge on any atom is 0.183 e. The predicted molar refractivity (Wildman–Crippen MR) is 143 cm³/mol. The second-order valence-electron chi connectivity index (χ2n) is 13.0. The van der Waals surface area contributed by atoms with E-state index in [-0.39, 0.29) is 35.0 Å². The first-order valence-corrected chi connectivity index (χ1v) is 14.5. The summed E-state index contributed by atoms with van der Waals surface area (Å²) >= 11 is 0. The molecule has 0 heterocycles. The summed E-state index contributed by atoms with van der Waals surface area (Å²) in [6, 6.07) is 2.34. The van der Waals surface area contributed by atoms with Gasteiger partial charge in [0.2, 0.25) is 0 Å². The van der Waals surface area contributed by atoms with Gasteiger partial charge in [0.15, 0.2) is 17.4 Å². The van der Waals surface area contributed by atoms with E-state index in [2.05, 4.69) is 20.8 Å². The molecular weight excluding hydrogens is 472 g/mol. The Hall–Kier alpha value is -1.73. The summed E-state index contributed by atoms with van der Waals surface area (Å²) in [6.45, 7) is 8.47. The highest BCUT2D eigenvalue weighted by molar-refractivity contribution is 5.87. The van der Waals surface area contributed by atoms with E-state index < -0.39 is 11.6 Å². The van der Waals surface area contributed by atoms with Gasteiger partial charge in [-0.05, 0) is 111 Å². The molecular formula is C30H45F2N3O2. The number of hydrogen-bond donors (Lipinski definition) is 2. The highest BCUT2D eigenvalue weighted by Gasteiger charge is 2.62. The maximum atomic E-state index is 14.0. The maximum absolute atomic E-state index is 14.0. The zero-order chi connectivity index (χ0) is 26.5. The summed E-state index contributed by atoms with van der Waals surface area (Å²) in [5.74, 6) is 7.50. The van der Waals surface area contributed by atoms with Crippen molar-refractivity contribution < 1.29 is 18.3 Å². The van der Waals surface area contributed by atoms with Gasteiger partial charge in [-0.25, -0.2) is 14.6 Å². The van der Waals surface area contributed by atoms with E-state index >= 15 is 0 Å². The molecule has 4 saturated carbocycles. The van der Waals surface area contributed by atoms with Crippen LogP contribution in [0, 0.1) is 58.0 Å². The number of hydrogen-bond acceptors (Lipinski definition) is 5. The number of hydrazine groups is 1. The molecule has 5 rings (SSSR count). The number of halogens is 2. The van der Waals surface area contributed by atoms with Gasteiger partial charge in [0, 0.05) is 12.5 Å². The van der Waals surface area contributed by atoms with Gasteiger partial charge in [0.1, 0.15) is 0 Å². The van der Waals surface area contributed by atoms with Crippen molar-refractivity contribution in [2.45, 2.75) is 78.6 Å². The number of fused-ring (bicyclic) bond motifs is 5. The van der Waals surface area contributed by atoms with Gasteiger partial charge in [-0.2, -0.15) is 0 Å². The van der Waals surface area contributed by atoms with Crippen molar-refractivity contribution in [2.24, 2.45) is 52.2 Å². The minimum Gasteiger partial charge on any atom is -0.395 e. The van der Waals surface area contributed by atoms with E-state index in [4.69, 9.17) is 16.3 Å². The Balaban J connectivity index is 1.34. The molecule has 0 aliphatic heterocycles. The molecule has 1 aromatic rings. The number of carbonyl (C=O) groups is 1. The molecule has 0 saturated heterocycles. The molecule has 4 N–H and O–H groups in total. The first-order valence-electron chi connectivity index (χ1n) is 14.5. The highest BCUT2D eigenvalue weighted by Crippen LogP contribution is 2.68. The zero-order valence-corrected chi connectivity index (χ0v) is 22.8. The van der Waals surface area contributed by atoms with Gasteiger partial charge in [0.05, 0.1) is 24.5 Å². The van der Waals surface area contributed by atoms with E-state index in [0.717, 1.165) is 50.4 Å². The smallest absolute Gasteiger partial charge is 0.183 e. The molecule has 1 aromatic carbocycles. The highest BCUT2D eigenvalue weighted by atomic mass is 19.2. The lowest BCUT2D eigenvalue weighted by Crippen LogP contribution is -2.57. The first-order chi connectivity index (χ1) is 17.6. The Morgan fingerprint density at radius 1 is 1.11 bits per heavy atom. The summed E-state index contributed by atoms with van der Waals surface area (Å²) in [6.07, 6.45) is 10.7. The fraction of sp³-hybridized carbons (Fsp3) is 0.767. The predicted octanol–water partition coefficient (Wildman–Crippen LogP) is 6.11. The van der Waals surface area contributed by atoms with E-state index in [1.54, 1.807) is 0 Å². The zero-order valence-electron chi connectivity index (χ0n) is 22.8. The van der Waals surface area contributed by atoms with E-state index in [0.29, 0.717) is 23.2 Å². The van der Waals surface area contributed by atoms with Crippen LogP contribution < -0.4 is 16.6 Å². The summed E-state index contributed by atoms with van der Waals surface area (Å²) in [4.78, 5) is 13.6. The number of carbonyl (C=O) groups excluding carboxylic acids is 1. The summed E-state index contributed by atoms with van der Waals surface area (Å²) in [5, 5.41) is 1.19. The van der Waals surface area contributed by atoms with Crippen LogP contribution in [0.1, 0.15) is 78.6 Å². The molecule has 0 bridgehead atoms. The molecule has 206 valence electrons. The summed E-state index contributed by atoms with van der Waals surface area (Å²) < 4.78 is 33.7. The quantitative estimate of drug-likeness (QED) is 0.259. The summed E-state index contributed by atoms with van der Waals surface area (Å²) in [7, 11) is 0. The molecule has 7 heteroatoms. The van der Waals surface area contributed by atoms with E-state index in [1.807, 2.05) is 0 Å². The number of Topliss-reactive ketones (excluding diaryl/α,β-unsaturated/α-hetero) is 1. The minimum atomic E-state index is -1.12. The van der Waals surface area contributed by atoms with Crippen LogP contribution in [0.25, 0.3) is 0 Å². The van der Waals surface area contributed by atoms with Crippen LogP contribution >= 0.6 is 0 Å². The van der Waals surface area contributed by atoms with Crippen LogP contribution in [-0.2, 0) is 9.53 Å². The van der Waals surface area contributed by atoms with Gasteiger partial charge in [-0.15, -0.1) is 0 Å². The number of ketones is 1. The van der Waals surface area contributed by atoms with Crippen molar-refractivity contribution in [2.75, 3.05) is 30.5 Å². The topological polar surface area (TPSA) is 81.6 Å². The number of nitrogen functional groups attached to an aromatic ring is 1. The molecule has 0 amide bonds. The molecule has 37 heavy (non-hydrogen) atoms. The van der Waals surface area contributed by atoms with Crippen LogP contribution in [0.15, 0.2) is 12.1 Å². The molecule has 0 spiro atoms. The van der Waals surface area contributed by atoms with Crippen molar-refractivity contribution in [3.05, 3.63) is 23.8 Å². The molecule has 0 radical (unpaired) electrons. The van der Waals surface area contributed by atoms with Crippen LogP contribution in [0.3, 0.4) is 0 Å². The number of rotatable bonds is 7.